The molecule has 0 heterocycles. The van der Waals surface area contributed by atoms with E-state index in [1.807, 2.05) is 0 Å². The molecule has 0 radical (unpaired) electrons. The Bertz CT molecular complexity index is 462. The van der Waals surface area contributed by atoms with E-state index in [-0.39, 0.29) is 13.0 Å². The Kier molecular flexibility index (Phi) is 18.8. The molecule has 0 aliphatic carbocycles. The van der Waals surface area contributed by atoms with Gasteiger partial charge in [-0.25, -0.2) is 4.57 Å². The van der Waals surface area contributed by atoms with E-state index >= 15 is 0 Å². The van der Waals surface area contributed by atoms with E-state index in [9.17, 15) is 14.5 Å². The maximum atomic E-state index is 11.5. The van der Waals surface area contributed by atoms with Crippen LogP contribution in [0.3, 0.4) is 0 Å². The van der Waals surface area contributed by atoms with E-state index in [0.717, 1.165) is 19.3 Å². The van der Waals surface area contributed by atoms with Crippen LogP contribution in [-0.2, 0) is 18.6 Å². The third-order valence-corrected chi connectivity index (χ3v) is 5.00. The van der Waals surface area contributed by atoms with E-state index in [0.29, 0.717) is 0 Å². The number of hydrogen-bond donors (Lipinski definition) is 3. The number of aliphatic hydroxyl groups excluding tert-OH is 1. The topological polar surface area (TPSA) is 113 Å². The molecule has 0 spiro atoms. The number of aliphatic hydroxyl groups is 1. The molecule has 3 N–H and O–H groups in total. The van der Waals surface area contributed by atoms with Crippen molar-refractivity contribution in [1.29, 1.82) is 0 Å². The summed E-state index contributed by atoms with van der Waals surface area (Å²) in [6, 6.07) is 0. The summed E-state index contributed by atoms with van der Waals surface area (Å²) in [5, 5.41) is 9.42. The lowest BCUT2D eigenvalue weighted by molar-refractivity contribution is -0.147. The Labute approximate surface area is 176 Å². The second-order valence-corrected chi connectivity index (χ2v) is 8.70. The minimum atomic E-state index is -4.62. The highest BCUT2D eigenvalue weighted by Crippen LogP contribution is 2.35. The lowest BCUT2D eigenvalue weighted by Crippen LogP contribution is -2.23. The molecule has 29 heavy (non-hydrogen) atoms. The minimum absolute atomic E-state index is 0.287. The third-order valence-electron chi connectivity index (χ3n) is 4.51. The van der Waals surface area contributed by atoms with Gasteiger partial charge in [0, 0.05) is 6.42 Å². The fourth-order valence-electron chi connectivity index (χ4n) is 2.83. The van der Waals surface area contributed by atoms with Gasteiger partial charge in [0.15, 0.2) is 0 Å². The predicted octanol–water partition coefficient (Wildman–Crippen LogP) is 5.04. The summed E-state index contributed by atoms with van der Waals surface area (Å²) >= 11 is 0. The molecule has 0 aromatic heterocycles. The molecule has 0 bridgehead atoms. The summed E-state index contributed by atoms with van der Waals surface area (Å²) in [5.74, 6) is -0.415. The van der Waals surface area contributed by atoms with Crippen molar-refractivity contribution in [3.05, 3.63) is 12.2 Å². The number of hydrogen-bond acceptors (Lipinski definition) is 5. The highest BCUT2D eigenvalue weighted by Gasteiger charge is 2.17. The molecular weight excluding hydrogens is 395 g/mol. The van der Waals surface area contributed by atoms with Crippen molar-refractivity contribution in [3.8, 4) is 0 Å². The van der Waals surface area contributed by atoms with Gasteiger partial charge >= 0.3 is 13.8 Å². The van der Waals surface area contributed by atoms with Crippen molar-refractivity contribution < 1.29 is 33.5 Å². The Balaban J connectivity index is 3.36. The van der Waals surface area contributed by atoms with Gasteiger partial charge in [-0.3, -0.25) is 9.32 Å². The van der Waals surface area contributed by atoms with E-state index in [1.54, 1.807) is 0 Å². The number of carbonyl (C=O) groups excluding carboxylic acids is 1. The number of carbonyl (C=O) groups is 1. The van der Waals surface area contributed by atoms with Crippen molar-refractivity contribution in [1.82, 2.24) is 0 Å². The van der Waals surface area contributed by atoms with Gasteiger partial charge in [-0.1, -0.05) is 70.4 Å². The van der Waals surface area contributed by atoms with Crippen LogP contribution in [0.5, 0.6) is 0 Å². The molecule has 0 aromatic carbocycles. The maximum absolute atomic E-state index is 11.5. The van der Waals surface area contributed by atoms with Crippen LogP contribution in [0.4, 0.5) is 0 Å². The number of unbranched alkanes of at least 4 members (excludes halogenated alkanes) is 11. The molecule has 0 amide bonds. The normalized spacial score (nSPS) is 13.1. The van der Waals surface area contributed by atoms with Gasteiger partial charge in [0.1, 0.15) is 12.7 Å². The SMILES string of the molecule is CCCCCC/C=C\CCCCCCCCCC(=O)OC[C@@H](O)COP(=O)(O)O. The van der Waals surface area contributed by atoms with Crippen LogP contribution in [0.2, 0.25) is 0 Å². The first-order valence-corrected chi connectivity index (χ1v) is 12.6. The van der Waals surface area contributed by atoms with Gasteiger partial charge in [0.05, 0.1) is 6.61 Å². The van der Waals surface area contributed by atoms with Crippen molar-refractivity contribution in [2.24, 2.45) is 0 Å². The second-order valence-electron chi connectivity index (χ2n) is 7.46. The van der Waals surface area contributed by atoms with Gasteiger partial charge in [0.25, 0.3) is 0 Å². The monoisotopic (exact) mass is 436 g/mol. The van der Waals surface area contributed by atoms with Crippen LogP contribution in [0.25, 0.3) is 0 Å². The molecule has 0 saturated carbocycles. The fourth-order valence-corrected chi connectivity index (χ4v) is 3.20. The molecule has 0 aliphatic heterocycles. The second kappa shape index (κ2) is 19.3. The molecule has 7 nitrogen and oxygen atoms in total. The van der Waals surface area contributed by atoms with E-state index in [1.165, 1.54) is 64.2 Å². The van der Waals surface area contributed by atoms with Crippen molar-refractivity contribution >= 4 is 13.8 Å². The molecule has 172 valence electrons. The predicted molar refractivity (Wildman–Crippen MR) is 114 cm³/mol. The quantitative estimate of drug-likeness (QED) is 0.106. The maximum Gasteiger partial charge on any atom is 0.469 e. The number of rotatable bonds is 20. The van der Waals surface area contributed by atoms with E-state index < -0.39 is 26.5 Å². The van der Waals surface area contributed by atoms with Gasteiger partial charge in [-0.2, -0.15) is 0 Å². The number of phosphoric acid groups is 1. The summed E-state index contributed by atoms with van der Waals surface area (Å²) in [5.41, 5.74) is 0. The largest absolute Gasteiger partial charge is 0.469 e. The van der Waals surface area contributed by atoms with Gasteiger partial charge in [-0.15, -0.1) is 0 Å². The van der Waals surface area contributed by atoms with E-state index in [4.69, 9.17) is 14.5 Å². The average molecular weight is 437 g/mol. The van der Waals surface area contributed by atoms with Gasteiger partial charge in [0.2, 0.25) is 0 Å². The van der Waals surface area contributed by atoms with Crippen molar-refractivity contribution in [3.63, 3.8) is 0 Å². The Morgan fingerprint density at radius 1 is 0.862 bits per heavy atom. The Morgan fingerprint density at radius 3 is 1.93 bits per heavy atom. The van der Waals surface area contributed by atoms with Gasteiger partial charge < -0.3 is 19.6 Å². The molecule has 0 saturated heterocycles. The Morgan fingerprint density at radius 2 is 1.38 bits per heavy atom. The molecule has 0 unspecified atom stereocenters. The van der Waals surface area contributed by atoms with Crippen LogP contribution in [0.1, 0.15) is 96.8 Å². The number of ether oxygens (including phenoxy) is 1. The summed E-state index contributed by atoms with van der Waals surface area (Å²) in [4.78, 5) is 28.6. The molecular formula is C21H41O7P. The highest BCUT2D eigenvalue weighted by atomic mass is 31.2. The first kappa shape index (κ1) is 28.3. The minimum Gasteiger partial charge on any atom is -0.463 e. The van der Waals surface area contributed by atoms with Crippen molar-refractivity contribution in [2.75, 3.05) is 13.2 Å². The lowest BCUT2D eigenvalue weighted by Gasteiger charge is -2.12. The molecule has 8 heteroatoms. The molecule has 0 fully saturated rings. The van der Waals surface area contributed by atoms with Crippen LogP contribution in [-0.4, -0.2) is 40.2 Å². The lowest BCUT2D eigenvalue weighted by atomic mass is 10.1. The first-order valence-electron chi connectivity index (χ1n) is 11.0. The number of allylic oxidation sites excluding steroid dienone is 2. The Hall–Kier alpha value is -0.720. The summed E-state index contributed by atoms with van der Waals surface area (Å²) in [7, 11) is -4.62. The van der Waals surface area contributed by atoms with Crippen LogP contribution >= 0.6 is 7.82 Å². The fraction of sp³-hybridized carbons (Fsp3) is 0.857. The molecule has 0 rings (SSSR count). The highest BCUT2D eigenvalue weighted by molar-refractivity contribution is 7.46. The molecule has 0 aromatic rings. The summed E-state index contributed by atoms with van der Waals surface area (Å²) in [6.45, 7) is 1.33. The zero-order chi connectivity index (χ0) is 21.8. The first-order chi connectivity index (χ1) is 13.8. The van der Waals surface area contributed by atoms with Crippen LogP contribution < -0.4 is 0 Å². The third kappa shape index (κ3) is 23.4. The zero-order valence-corrected chi connectivity index (χ0v) is 18.9. The van der Waals surface area contributed by atoms with Crippen molar-refractivity contribution in [2.45, 2.75) is 103 Å². The van der Waals surface area contributed by atoms with E-state index in [2.05, 4.69) is 23.6 Å². The molecule has 0 aliphatic rings. The summed E-state index contributed by atoms with van der Waals surface area (Å²) < 4.78 is 19.5. The molecule has 1 atom stereocenters. The zero-order valence-electron chi connectivity index (χ0n) is 18.0. The van der Waals surface area contributed by atoms with Crippen LogP contribution in [0, 0.1) is 0 Å². The van der Waals surface area contributed by atoms with Gasteiger partial charge in [-0.05, 0) is 32.1 Å². The summed E-state index contributed by atoms with van der Waals surface area (Å²) in [6.07, 6.45) is 19.0. The standard InChI is InChI=1S/C21H41O7P/c1-2-3-4-5-6-7-8-9-10-11-12-13-14-15-16-17-21(23)27-18-20(22)19-28-29(24,25)26/h7-8,20,22H,2-6,9-19H2,1H3,(H2,24,25,26)/b8-7-/t20-/m1/s1. The smallest absolute Gasteiger partial charge is 0.463 e. The van der Waals surface area contributed by atoms with Crippen LogP contribution in [0.15, 0.2) is 12.2 Å². The number of phosphoric ester groups is 1. The average Bonchev–Trinajstić information content (AvgIpc) is 2.67. The number of esters is 1.